The van der Waals surface area contributed by atoms with E-state index in [1.165, 1.54) is 17.4 Å². The molecule has 1 aliphatic heterocycles. The maximum Gasteiger partial charge on any atom is 0.186 e. The summed E-state index contributed by atoms with van der Waals surface area (Å²) in [5.74, 6) is 0. The van der Waals surface area contributed by atoms with E-state index in [0.29, 0.717) is 6.61 Å². The quantitative estimate of drug-likeness (QED) is 0.308. The minimum atomic E-state index is -1.38. The molecule has 5 atom stereocenters. The lowest BCUT2D eigenvalue weighted by molar-refractivity contribution is -0.300. The molecule has 0 bridgehead atoms. The van der Waals surface area contributed by atoms with Crippen molar-refractivity contribution in [1.82, 2.24) is 0 Å². The Hall–Kier alpha value is 0.411. The Kier molecular flexibility index (Phi) is 9.37. The van der Waals surface area contributed by atoms with Gasteiger partial charge in [-0.05, 0) is 6.42 Å². The molecule has 6 nitrogen and oxygen atoms in total. The van der Waals surface area contributed by atoms with Gasteiger partial charge in [0.05, 0.1) is 6.61 Å². The predicted octanol–water partition coefficient (Wildman–Crippen LogP) is 2.03. The molecule has 9 heteroatoms. The van der Waals surface area contributed by atoms with Crippen molar-refractivity contribution in [1.29, 1.82) is 0 Å². The van der Waals surface area contributed by atoms with Crippen molar-refractivity contribution in [2.45, 2.75) is 100 Å². The molecule has 1 fully saturated rings. The Bertz CT molecular complexity index is 433. The molecule has 27 heavy (non-hydrogen) atoms. The van der Waals surface area contributed by atoms with Gasteiger partial charge in [-0.1, -0.05) is 63.2 Å². The van der Waals surface area contributed by atoms with Crippen molar-refractivity contribution in [3.8, 4) is 0 Å². The molecule has 1 rings (SSSR count). The van der Waals surface area contributed by atoms with E-state index in [1.807, 2.05) is 0 Å². The van der Waals surface area contributed by atoms with Crippen LogP contribution >= 0.6 is 0 Å². The third-order valence-corrected chi connectivity index (χ3v) is 21.8. The fourth-order valence-corrected chi connectivity index (χ4v) is 29.2. The summed E-state index contributed by atoms with van der Waals surface area (Å²) >= 11 is 0. The van der Waals surface area contributed by atoms with E-state index in [1.54, 1.807) is 0 Å². The van der Waals surface area contributed by atoms with Crippen molar-refractivity contribution in [2.75, 3.05) is 13.2 Å². The molecule has 0 aliphatic carbocycles. The Morgan fingerprint density at radius 3 is 1.78 bits per heavy atom. The highest BCUT2D eigenvalue weighted by molar-refractivity contribution is 7.02. The molecule has 1 saturated heterocycles. The zero-order valence-electron chi connectivity index (χ0n) is 18.2. The third kappa shape index (κ3) is 8.75. The van der Waals surface area contributed by atoms with Crippen LogP contribution in [-0.4, -0.2) is 88.6 Å². The van der Waals surface area contributed by atoms with Gasteiger partial charge in [-0.3, -0.25) is 0 Å². The zero-order chi connectivity index (χ0) is 21.0. The van der Waals surface area contributed by atoms with Gasteiger partial charge >= 0.3 is 0 Å². The van der Waals surface area contributed by atoms with Crippen LogP contribution in [0.25, 0.3) is 0 Å². The number of rotatable bonds is 10. The van der Waals surface area contributed by atoms with E-state index in [-0.39, 0.29) is 0 Å². The SMILES string of the molecule is C[Si](C)(C)C[Si](C)(CCCO[C@@H]1O[C@H](CO)[C@@H](O)[C@H](O)[C@H]1O)C[Si](C)(C)C. The van der Waals surface area contributed by atoms with E-state index in [2.05, 4.69) is 45.8 Å². The molecular formula is C18H42O6Si3. The van der Waals surface area contributed by atoms with Gasteiger partial charge in [-0.25, -0.2) is 0 Å². The summed E-state index contributed by atoms with van der Waals surface area (Å²) < 4.78 is 11.1. The van der Waals surface area contributed by atoms with Crippen LogP contribution in [-0.2, 0) is 9.47 Å². The molecule has 162 valence electrons. The Morgan fingerprint density at radius 1 is 0.815 bits per heavy atom. The van der Waals surface area contributed by atoms with Gasteiger partial charge < -0.3 is 29.9 Å². The number of hydrogen-bond acceptors (Lipinski definition) is 6. The Morgan fingerprint density at radius 2 is 1.33 bits per heavy atom. The average Bonchev–Trinajstić information content (AvgIpc) is 2.47. The van der Waals surface area contributed by atoms with Crippen molar-refractivity contribution < 1.29 is 29.9 Å². The van der Waals surface area contributed by atoms with Crippen molar-refractivity contribution in [3.63, 3.8) is 0 Å². The summed E-state index contributed by atoms with van der Waals surface area (Å²) in [6.45, 7) is 17.3. The van der Waals surface area contributed by atoms with E-state index >= 15 is 0 Å². The molecule has 0 saturated carbocycles. The van der Waals surface area contributed by atoms with Crippen molar-refractivity contribution in [2.24, 2.45) is 0 Å². The number of aliphatic hydroxyl groups excluding tert-OH is 4. The lowest BCUT2D eigenvalue weighted by Crippen LogP contribution is -2.59. The first-order valence-corrected chi connectivity index (χ1v) is 20.6. The van der Waals surface area contributed by atoms with Gasteiger partial charge in [-0.2, -0.15) is 0 Å². The van der Waals surface area contributed by atoms with Crippen LogP contribution in [0.2, 0.25) is 63.2 Å². The lowest BCUT2D eigenvalue weighted by atomic mass is 9.99. The van der Waals surface area contributed by atoms with Crippen molar-refractivity contribution in [3.05, 3.63) is 0 Å². The minimum Gasteiger partial charge on any atom is -0.394 e. The van der Waals surface area contributed by atoms with Gasteiger partial charge in [0.15, 0.2) is 6.29 Å². The highest BCUT2D eigenvalue weighted by Gasteiger charge is 2.44. The van der Waals surface area contributed by atoms with E-state index in [9.17, 15) is 20.4 Å². The second kappa shape index (κ2) is 9.94. The van der Waals surface area contributed by atoms with Gasteiger partial charge in [-0.15, -0.1) is 0 Å². The molecule has 0 amide bonds. The normalized spacial score (nSPS) is 30.6. The predicted molar refractivity (Wildman–Crippen MR) is 117 cm³/mol. The molecule has 1 aliphatic rings. The number of aliphatic hydroxyl groups is 4. The van der Waals surface area contributed by atoms with Crippen molar-refractivity contribution >= 4 is 24.2 Å². The van der Waals surface area contributed by atoms with Gasteiger partial charge in [0.1, 0.15) is 24.4 Å². The van der Waals surface area contributed by atoms with Crippen LogP contribution < -0.4 is 0 Å². The minimum absolute atomic E-state index is 0.428. The lowest BCUT2D eigenvalue weighted by Gasteiger charge is -2.40. The van der Waals surface area contributed by atoms with E-state index in [0.717, 1.165) is 6.42 Å². The zero-order valence-corrected chi connectivity index (χ0v) is 21.2. The van der Waals surface area contributed by atoms with Crippen LogP contribution in [0.15, 0.2) is 0 Å². The molecule has 0 aromatic heterocycles. The molecule has 4 N–H and O–H groups in total. The van der Waals surface area contributed by atoms with Gasteiger partial charge in [0.2, 0.25) is 0 Å². The van der Waals surface area contributed by atoms with E-state index in [4.69, 9.17) is 9.47 Å². The average molecular weight is 439 g/mol. The van der Waals surface area contributed by atoms with Gasteiger partial charge in [0.25, 0.3) is 0 Å². The maximum atomic E-state index is 10.1. The summed E-state index contributed by atoms with van der Waals surface area (Å²) in [5, 5.41) is 39.0. The molecular weight excluding hydrogens is 396 g/mol. The molecule has 0 radical (unpaired) electrons. The standard InChI is InChI=1S/C18H42O6Si3/c1-25(2,3)12-27(7,13-26(4,5)6)10-8-9-23-18-17(22)16(21)15(20)14(11-19)24-18/h14-22H,8-13H2,1-7H3/t14-,15-,16+,17-,18-/m1/s1. The summed E-state index contributed by atoms with van der Waals surface area (Å²) in [6.07, 6.45) is -5.04. The Labute approximate surface area is 167 Å². The summed E-state index contributed by atoms with van der Waals surface area (Å²) in [6, 6.07) is 1.19. The molecule has 1 heterocycles. The first-order chi connectivity index (χ1) is 12.2. The van der Waals surface area contributed by atoms with Crippen LogP contribution in [0, 0.1) is 0 Å². The molecule has 0 aromatic carbocycles. The second-order valence-corrected chi connectivity index (χ2v) is 28.1. The summed E-state index contributed by atoms with van der Waals surface area (Å²) in [7, 11) is -3.63. The maximum absolute atomic E-state index is 10.1. The largest absolute Gasteiger partial charge is 0.394 e. The van der Waals surface area contributed by atoms with Gasteiger partial charge in [0, 0.05) is 30.8 Å². The summed E-state index contributed by atoms with van der Waals surface area (Å²) in [4.78, 5) is 0. The van der Waals surface area contributed by atoms with E-state index < -0.39 is 61.5 Å². The molecule has 0 spiro atoms. The fraction of sp³-hybridized carbons (Fsp3) is 1.00. The van der Waals surface area contributed by atoms with Crippen LogP contribution in [0.5, 0.6) is 0 Å². The molecule has 0 unspecified atom stereocenters. The monoisotopic (exact) mass is 438 g/mol. The highest BCUT2D eigenvalue weighted by atomic mass is 28.4. The van der Waals surface area contributed by atoms with Crippen LogP contribution in [0.3, 0.4) is 0 Å². The third-order valence-electron chi connectivity index (χ3n) is 4.97. The highest BCUT2D eigenvalue weighted by Crippen LogP contribution is 2.32. The second-order valence-electron chi connectivity index (χ2n) is 11.0. The smallest absolute Gasteiger partial charge is 0.186 e. The summed E-state index contributed by atoms with van der Waals surface area (Å²) in [5.41, 5.74) is 2.84. The number of hydrogen-bond donors (Lipinski definition) is 4. The Balaban J connectivity index is 2.60. The number of ether oxygens (including phenoxy) is 2. The topological polar surface area (TPSA) is 99.4 Å². The van der Waals surface area contributed by atoms with Crippen LogP contribution in [0.1, 0.15) is 6.42 Å². The first-order valence-electron chi connectivity index (χ1n) is 10.1. The fourth-order valence-electron chi connectivity index (χ4n) is 4.70. The molecule has 0 aromatic rings. The first kappa shape index (κ1) is 25.4. The van der Waals surface area contributed by atoms with Crippen LogP contribution in [0.4, 0.5) is 0 Å².